The topological polar surface area (TPSA) is 105 Å². The van der Waals surface area contributed by atoms with E-state index < -0.39 is 35.5 Å². The van der Waals surface area contributed by atoms with E-state index in [2.05, 4.69) is 26.3 Å². The molecule has 3 aromatic carbocycles. The minimum Gasteiger partial charge on any atom is -0.423 e. The molecule has 0 amide bonds. The molecule has 40 heavy (non-hydrogen) atoms. The molecule has 0 spiro atoms. The van der Waals surface area contributed by atoms with E-state index in [1.165, 1.54) is 36.4 Å². The lowest BCUT2D eigenvalue weighted by Crippen LogP contribution is -2.08. The Hall–Kier alpha value is -5.64. The van der Waals surface area contributed by atoms with Gasteiger partial charge in [-0.1, -0.05) is 38.4 Å². The Labute approximate surface area is 227 Å². The number of hydrogen-bond donors (Lipinski definition) is 0. The molecule has 3 aromatic rings. The number of esters is 4. The second kappa shape index (κ2) is 12.7. The van der Waals surface area contributed by atoms with Crippen LogP contribution in [-0.2, 0) is 19.2 Å². The van der Waals surface area contributed by atoms with Gasteiger partial charge in [-0.3, -0.25) is 0 Å². The fraction of sp³-hybridized carbons (Fsp3) is 0. The van der Waals surface area contributed by atoms with Gasteiger partial charge in [0, 0.05) is 58.7 Å². The predicted octanol–water partition coefficient (Wildman–Crippen LogP) is 5.66. The van der Waals surface area contributed by atoms with Crippen LogP contribution < -0.4 is 18.9 Å². The van der Waals surface area contributed by atoms with Crippen molar-refractivity contribution in [3.63, 3.8) is 0 Å². The van der Waals surface area contributed by atoms with Crippen LogP contribution in [0, 0.1) is 11.6 Å². The van der Waals surface area contributed by atoms with Crippen LogP contribution >= 0.6 is 0 Å². The standard InChI is InChI=1S/C30H20F2O8/c1-5-25(33)37-17-9-11-19(23(15-17)39-27(35)7-3)21-13-14-22(30(32)29(21)31)20-12-10-18(38-26(34)6-2)16-24(20)40-28(36)8-4/h5-16H,1-4H2. The molecular weight excluding hydrogens is 526 g/mol. The second-order valence-electron chi connectivity index (χ2n) is 7.61. The Bertz CT molecular complexity index is 1460. The van der Waals surface area contributed by atoms with Gasteiger partial charge in [-0.25, -0.2) is 28.0 Å². The van der Waals surface area contributed by atoms with Crippen LogP contribution in [0.1, 0.15) is 0 Å². The van der Waals surface area contributed by atoms with Crippen molar-refractivity contribution in [1.29, 1.82) is 0 Å². The summed E-state index contributed by atoms with van der Waals surface area (Å²) in [6.45, 7) is 13.2. The van der Waals surface area contributed by atoms with Crippen molar-refractivity contribution in [1.82, 2.24) is 0 Å². The van der Waals surface area contributed by atoms with Gasteiger partial charge >= 0.3 is 23.9 Å². The summed E-state index contributed by atoms with van der Waals surface area (Å²) >= 11 is 0. The summed E-state index contributed by atoms with van der Waals surface area (Å²) in [6, 6.07) is 9.76. The highest BCUT2D eigenvalue weighted by molar-refractivity contribution is 5.89. The van der Waals surface area contributed by atoms with Crippen molar-refractivity contribution in [2.75, 3.05) is 0 Å². The molecule has 0 N–H and O–H groups in total. The molecule has 0 heterocycles. The van der Waals surface area contributed by atoms with Gasteiger partial charge in [-0.2, -0.15) is 0 Å². The highest BCUT2D eigenvalue weighted by Crippen LogP contribution is 2.41. The molecule has 8 nitrogen and oxygen atoms in total. The first-order chi connectivity index (χ1) is 19.1. The van der Waals surface area contributed by atoms with Crippen LogP contribution in [0.25, 0.3) is 22.3 Å². The second-order valence-corrected chi connectivity index (χ2v) is 7.61. The summed E-state index contributed by atoms with van der Waals surface area (Å²) in [5.41, 5.74) is -0.727. The maximum Gasteiger partial charge on any atom is 0.335 e. The van der Waals surface area contributed by atoms with Crippen molar-refractivity contribution in [2.45, 2.75) is 0 Å². The van der Waals surface area contributed by atoms with E-state index in [9.17, 15) is 19.2 Å². The zero-order chi connectivity index (χ0) is 29.4. The fourth-order valence-corrected chi connectivity index (χ4v) is 3.33. The number of benzene rings is 3. The van der Waals surface area contributed by atoms with E-state index >= 15 is 8.78 Å². The molecule has 10 heteroatoms. The average molecular weight is 546 g/mol. The molecule has 0 unspecified atom stereocenters. The highest BCUT2D eigenvalue weighted by Gasteiger charge is 2.23. The third kappa shape index (κ3) is 6.62. The maximum atomic E-state index is 15.5. The number of ether oxygens (including phenoxy) is 4. The molecule has 0 atom stereocenters. The van der Waals surface area contributed by atoms with Crippen LogP contribution in [-0.4, -0.2) is 23.9 Å². The molecule has 0 radical (unpaired) electrons. The molecule has 3 rings (SSSR count). The summed E-state index contributed by atoms with van der Waals surface area (Å²) in [6.07, 6.45) is 3.53. The Morgan fingerprint density at radius 2 is 0.800 bits per heavy atom. The van der Waals surface area contributed by atoms with Gasteiger partial charge in [-0.05, 0) is 24.3 Å². The Morgan fingerprint density at radius 1 is 0.500 bits per heavy atom. The van der Waals surface area contributed by atoms with Gasteiger partial charge in [0.25, 0.3) is 0 Å². The highest BCUT2D eigenvalue weighted by atomic mass is 19.2. The molecule has 0 saturated carbocycles. The number of halogens is 2. The smallest absolute Gasteiger partial charge is 0.335 e. The average Bonchev–Trinajstić information content (AvgIpc) is 2.95. The summed E-state index contributed by atoms with van der Waals surface area (Å²) in [5, 5.41) is 0. The van der Waals surface area contributed by atoms with Crippen molar-refractivity contribution >= 4 is 23.9 Å². The molecule has 0 aliphatic rings. The first-order valence-electron chi connectivity index (χ1n) is 11.3. The van der Waals surface area contributed by atoms with Crippen LogP contribution in [0.4, 0.5) is 8.78 Å². The summed E-state index contributed by atoms with van der Waals surface area (Å²) < 4.78 is 51.4. The summed E-state index contributed by atoms with van der Waals surface area (Å²) in [4.78, 5) is 46.9. The predicted molar refractivity (Wildman–Crippen MR) is 141 cm³/mol. The third-order valence-corrected chi connectivity index (χ3v) is 5.09. The number of hydrogen-bond acceptors (Lipinski definition) is 8. The third-order valence-electron chi connectivity index (χ3n) is 5.09. The Morgan fingerprint density at radius 3 is 1.12 bits per heavy atom. The minimum absolute atomic E-state index is 0.0519. The normalized spacial score (nSPS) is 10.1. The monoisotopic (exact) mass is 546 g/mol. The van der Waals surface area contributed by atoms with Gasteiger partial charge in [0.15, 0.2) is 11.6 Å². The van der Waals surface area contributed by atoms with Gasteiger partial charge in [0.2, 0.25) is 0 Å². The minimum atomic E-state index is -1.34. The van der Waals surface area contributed by atoms with Crippen LogP contribution in [0.5, 0.6) is 23.0 Å². The lowest BCUT2D eigenvalue weighted by molar-refractivity contribution is -0.130. The van der Waals surface area contributed by atoms with E-state index in [4.69, 9.17) is 18.9 Å². The molecule has 0 aliphatic carbocycles. The summed E-state index contributed by atoms with van der Waals surface area (Å²) in [7, 11) is 0. The number of carbonyl (C=O) groups excluding carboxylic acids is 4. The Kier molecular flexibility index (Phi) is 9.21. The first kappa shape index (κ1) is 28.9. The lowest BCUT2D eigenvalue weighted by atomic mass is 9.97. The van der Waals surface area contributed by atoms with E-state index in [1.54, 1.807) is 0 Å². The zero-order valence-electron chi connectivity index (χ0n) is 20.8. The Balaban J connectivity index is 2.14. The quantitative estimate of drug-likeness (QED) is 0.182. The van der Waals surface area contributed by atoms with Crippen LogP contribution in [0.3, 0.4) is 0 Å². The number of carbonyl (C=O) groups is 4. The molecule has 0 bridgehead atoms. The van der Waals surface area contributed by atoms with Gasteiger partial charge < -0.3 is 18.9 Å². The fourth-order valence-electron chi connectivity index (χ4n) is 3.33. The van der Waals surface area contributed by atoms with Crippen LogP contribution in [0.2, 0.25) is 0 Å². The van der Waals surface area contributed by atoms with E-state index in [0.717, 1.165) is 36.4 Å². The largest absolute Gasteiger partial charge is 0.423 e. The van der Waals surface area contributed by atoms with Gasteiger partial charge in [0.05, 0.1) is 0 Å². The molecule has 0 fully saturated rings. The number of rotatable bonds is 10. The molecule has 202 valence electrons. The molecule has 0 saturated heterocycles. The molecular formula is C30H20F2O8. The van der Waals surface area contributed by atoms with Gasteiger partial charge in [0.1, 0.15) is 23.0 Å². The lowest BCUT2D eigenvalue weighted by Gasteiger charge is -2.15. The van der Waals surface area contributed by atoms with Crippen molar-refractivity contribution in [2.24, 2.45) is 0 Å². The molecule has 0 aromatic heterocycles. The van der Waals surface area contributed by atoms with Crippen molar-refractivity contribution < 1.29 is 46.9 Å². The van der Waals surface area contributed by atoms with E-state index in [-0.39, 0.29) is 45.3 Å². The van der Waals surface area contributed by atoms with Gasteiger partial charge in [-0.15, -0.1) is 0 Å². The first-order valence-corrected chi connectivity index (χ1v) is 11.3. The van der Waals surface area contributed by atoms with E-state index in [0.29, 0.717) is 0 Å². The maximum absolute atomic E-state index is 15.5. The SMILES string of the molecule is C=CC(=O)Oc1ccc(-c2ccc(-c3ccc(OC(=O)C=C)cc3OC(=O)C=C)c(F)c2F)c(OC(=O)C=C)c1. The summed E-state index contributed by atoms with van der Waals surface area (Å²) in [5.74, 6) is -6.69. The van der Waals surface area contributed by atoms with Crippen LogP contribution in [0.15, 0.2) is 99.2 Å². The van der Waals surface area contributed by atoms with Crippen molar-refractivity contribution in [3.05, 3.63) is 111 Å². The zero-order valence-corrected chi connectivity index (χ0v) is 20.8. The molecule has 0 aliphatic heterocycles. The van der Waals surface area contributed by atoms with Crippen molar-refractivity contribution in [3.8, 4) is 45.3 Å². The van der Waals surface area contributed by atoms with E-state index in [1.807, 2.05) is 0 Å².